The predicted octanol–water partition coefficient (Wildman–Crippen LogP) is 3.70. The first-order valence-electron chi connectivity index (χ1n) is 10.9. The summed E-state index contributed by atoms with van der Waals surface area (Å²) in [5.74, 6) is 1.54. The molecule has 9 heteroatoms. The number of aromatic nitrogens is 4. The van der Waals surface area contributed by atoms with Gasteiger partial charge in [0.25, 0.3) is 5.91 Å². The van der Waals surface area contributed by atoms with Gasteiger partial charge in [-0.25, -0.2) is 15.0 Å². The van der Waals surface area contributed by atoms with Gasteiger partial charge >= 0.3 is 0 Å². The molecule has 0 saturated carbocycles. The highest BCUT2D eigenvalue weighted by Gasteiger charge is 2.29. The number of piperidine rings is 1. The molecule has 4 rings (SSSR count). The number of carbonyl (C=O) groups is 1. The number of hydrogen-bond acceptors (Lipinski definition) is 8. The molecule has 2 aromatic heterocycles. The molecule has 1 aliphatic heterocycles. The number of amides is 1. The zero-order chi connectivity index (χ0) is 23.0. The number of benzene rings is 1. The van der Waals surface area contributed by atoms with E-state index in [2.05, 4.69) is 15.0 Å². The van der Waals surface area contributed by atoms with Crippen LogP contribution in [0, 0.1) is 0 Å². The Morgan fingerprint density at radius 2 is 2.12 bits per heavy atom. The standard InChI is InChI=1S/C24H27N5O3S/c1-31-11-12-33-24-27-14-20(17-5-3-7-19(13-17)32-2)22(28-24)18-6-4-10-29(16-18)23(30)21-15-25-8-9-26-21/h3,5,7-9,13-15,18H,4,6,10-12,16H2,1-2H3/t18-/m0/s1. The van der Waals surface area contributed by atoms with Crippen molar-refractivity contribution in [3.05, 3.63) is 60.4 Å². The molecule has 172 valence electrons. The fourth-order valence-corrected chi connectivity index (χ4v) is 4.67. The lowest BCUT2D eigenvalue weighted by Gasteiger charge is -2.33. The highest BCUT2D eigenvalue weighted by Crippen LogP contribution is 2.35. The summed E-state index contributed by atoms with van der Waals surface area (Å²) in [7, 11) is 3.34. The Morgan fingerprint density at radius 3 is 2.91 bits per heavy atom. The Hall–Kier alpha value is -3.04. The predicted molar refractivity (Wildman–Crippen MR) is 127 cm³/mol. The fourth-order valence-electron chi connectivity index (χ4n) is 3.94. The van der Waals surface area contributed by atoms with E-state index in [0.717, 1.165) is 41.2 Å². The van der Waals surface area contributed by atoms with Crippen molar-refractivity contribution < 1.29 is 14.3 Å². The Labute approximate surface area is 197 Å². The third-order valence-electron chi connectivity index (χ3n) is 5.57. The van der Waals surface area contributed by atoms with Crippen LogP contribution in [0.25, 0.3) is 11.1 Å². The zero-order valence-corrected chi connectivity index (χ0v) is 19.6. The number of ether oxygens (including phenoxy) is 2. The normalized spacial score (nSPS) is 15.9. The number of methoxy groups -OCH3 is 2. The molecule has 1 atom stereocenters. The molecule has 8 nitrogen and oxygen atoms in total. The van der Waals surface area contributed by atoms with Crippen LogP contribution in [0.3, 0.4) is 0 Å². The Bertz CT molecular complexity index is 1080. The second kappa shape index (κ2) is 11.2. The molecule has 3 aromatic rings. The monoisotopic (exact) mass is 465 g/mol. The lowest BCUT2D eigenvalue weighted by atomic mass is 9.90. The molecule has 0 unspecified atom stereocenters. The van der Waals surface area contributed by atoms with Crippen LogP contribution in [0.5, 0.6) is 5.75 Å². The molecule has 1 fully saturated rings. The van der Waals surface area contributed by atoms with E-state index in [9.17, 15) is 4.79 Å². The summed E-state index contributed by atoms with van der Waals surface area (Å²) in [6.07, 6.45) is 8.35. The van der Waals surface area contributed by atoms with Crippen molar-refractivity contribution in [3.8, 4) is 16.9 Å². The van der Waals surface area contributed by atoms with Crippen LogP contribution < -0.4 is 4.74 Å². The van der Waals surface area contributed by atoms with Crippen LogP contribution in [0.2, 0.25) is 0 Å². The van der Waals surface area contributed by atoms with Gasteiger partial charge in [0.05, 0.1) is 25.6 Å². The van der Waals surface area contributed by atoms with Crippen molar-refractivity contribution >= 4 is 17.7 Å². The molecule has 0 radical (unpaired) electrons. The molecular weight excluding hydrogens is 438 g/mol. The third kappa shape index (κ3) is 5.66. The van der Waals surface area contributed by atoms with Gasteiger partial charge in [-0.1, -0.05) is 23.9 Å². The number of hydrogen-bond donors (Lipinski definition) is 0. The maximum atomic E-state index is 13.0. The topological polar surface area (TPSA) is 90.3 Å². The summed E-state index contributed by atoms with van der Waals surface area (Å²) in [5, 5.41) is 0.714. The zero-order valence-electron chi connectivity index (χ0n) is 18.8. The first-order chi connectivity index (χ1) is 16.2. The largest absolute Gasteiger partial charge is 0.497 e. The average molecular weight is 466 g/mol. The molecule has 1 saturated heterocycles. The van der Waals surface area contributed by atoms with Gasteiger partial charge in [-0.3, -0.25) is 9.78 Å². The minimum atomic E-state index is -0.0977. The van der Waals surface area contributed by atoms with Gasteiger partial charge in [0, 0.05) is 56.0 Å². The van der Waals surface area contributed by atoms with Crippen molar-refractivity contribution in [1.82, 2.24) is 24.8 Å². The van der Waals surface area contributed by atoms with Crippen molar-refractivity contribution in [2.75, 3.05) is 39.7 Å². The lowest BCUT2D eigenvalue weighted by molar-refractivity contribution is 0.0699. The first kappa shape index (κ1) is 23.1. The van der Waals surface area contributed by atoms with Crippen LogP contribution in [-0.4, -0.2) is 70.4 Å². The van der Waals surface area contributed by atoms with Crippen molar-refractivity contribution in [2.24, 2.45) is 0 Å². The third-order valence-corrected chi connectivity index (χ3v) is 6.40. The molecule has 33 heavy (non-hydrogen) atoms. The van der Waals surface area contributed by atoms with Gasteiger partial charge in [0.15, 0.2) is 5.16 Å². The summed E-state index contributed by atoms with van der Waals surface area (Å²) >= 11 is 1.57. The van der Waals surface area contributed by atoms with E-state index in [-0.39, 0.29) is 11.8 Å². The molecule has 0 spiro atoms. The van der Waals surface area contributed by atoms with Gasteiger partial charge in [-0.15, -0.1) is 0 Å². The summed E-state index contributed by atoms with van der Waals surface area (Å²) in [4.78, 5) is 32.6. The molecular formula is C24H27N5O3S. The van der Waals surface area contributed by atoms with E-state index in [4.69, 9.17) is 14.5 Å². The van der Waals surface area contributed by atoms with E-state index >= 15 is 0 Å². The number of thioether (sulfide) groups is 1. The average Bonchev–Trinajstić information content (AvgIpc) is 2.89. The van der Waals surface area contributed by atoms with Crippen LogP contribution in [-0.2, 0) is 4.74 Å². The first-order valence-corrected chi connectivity index (χ1v) is 11.9. The van der Waals surface area contributed by atoms with Gasteiger partial charge < -0.3 is 14.4 Å². The molecule has 3 heterocycles. The molecule has 1 amide bonds. The molecule has 0 bridgehead atoms. The number of likely N-dealkylation sites (tertiary alicyclic amines) is 1. The smallest absolute Gasteiger partial charge is 0.274 e. The Morgan fingerprint density at radius 1 is 1.21 bits per heavy atom. The van der Waals surface area contributed by atoms with Crippen LogP contribution in [0.1, 0.15) is 34.9 Å². The van der Waals surface area contributed by atoms with E-state index in [1.807, 2.05) is 35.4 Å². The van der Waals surface area contributed by atoms with E-state index in [1.165, 1.54) is 6.20 Å². The van der Waals surface area contributed by atoms with Crippen molar-refractivity contribution in [3.63, 3.8) is 0 Å². The second-order valence-corrected chi connectivity index (χ2v) is 8.77. The maximum absolute atomic E-state index is 13.0. The van der Waals surface area contributed by atoms with E-state index in [1.54, 1.807) is 38.4 Å². The summed E-state index contributed by atoms with van der Waals surface area (Å²) in [5.41, 5.74) is 3.28. The molecule has 1 aliphatic rings. The minimum absolute atomic E-state index is 0.0883. The molecule has 1 aromatic carbocycles. The van der Waals surface area contributed by atoms with Gasteiger partial charge in [-0.05, 0) is 30.5 Å². The highest BCUT2D eigenvalue weighted by atomic mass is 32.2. The summed E-state index contributed by atoms with van der Waals surface area (Å²) in [6.45, 7) is 1.90. The minimum Gasteiger partial charge on any atom is -0.497 e. The van der Waals surface area contributed by atoms with Gasteiger partial charge in [0.2, 0.25) is 0 Å². The SMILES string of the molecule is COCCSc1ncc(-c2cccc(OC)c2)c([C@H]2CCCN(C(=O)c3cnccn3)C2)n1. The molecule has 0 aliphatic carbocycles. The van der Waals surface area contributed by atoms with Crippen LogP contribution >= 0.6 is 11.8 Å². The number of carbonyl (C=O) groups excluding carboxylic acids is 1. The second-order valence-electron chi connectivity index (χ2n) is 7.71. The maximum Gasteiger partial charge on any atom is 0.274 e. The van der Waals surface area contributed by atoms with Crippen LogP contribution in [0.15, 0.2) is 54.2 Å². The Kier molecular flexibility index (Phi) is 7.85. The summed E-state index contributed by atoms with van der Waals surface area (Å²) in [6, 6.07) is 7.91. The number of nitrogens with zero attached hydrogens (tertiary/aromatic N) is 5. The Balaban J connectivity index is 1.65. The van der Waals surface area contributed by atoms with E-state index in [0.29, 0.717) is 30.5 Å². The lowest BCUT2D eigenvalue weighted by Crippen LogP contribution is -2.39. The van der Waals surface area contributed by atoms with Crippen LogP contribution in [0.4, 0.5) is 0 Å². The van der Waals surface area contributed by atoms with E-state index < -0.39 is 0 Å². The van der Waals surface area contributed by atoms with Crippen molar-refractivity contribution in [1.29, 1.82) is 0 Å². The highest BCUT2D eigenvalue weighted by molar-refractivity contribution is 7.99. The number of rotatable bonds is 8. The quantitative estimate of drug-likeness (QED) is 0.283. The van der Waals surface area contributed by atoms with Crippen molar-refractivity contribution in [2.45, 2.75) is 23.9 Å². The molecule has 0 N–H and O–H groups in total. The van der Waals surface area contributed by atoms with Gasteiger partial charge in [-0.2, -0.15) is 0 Å². The van der Waals surface area contributed by atoms with Gasteiger partial charge in [0.1, 0.15) is 11.4 Å². The fraction of sp³-hybridized carbons (Fsp3) is 0.375. The summed E-state index contributed by atoms with van der Waals surface area (Å²) < 4.78 is 10.6.